The molecule has 2 aliphatic carbocycles. The van der Waals surface area contributed by atoms with Crippen LogP contribution < -0.4 is 5.32 Å². The van der Waals surface area contributed by atoms with Crippen molar-refractivity contribution in [3.8, 4) is 6.07 Å². The molecule has 6 nitrogen and oxygen atoms in total. The van der Waals surface area contributed by atoms with Gasteiger partial charge in [0.2, 0.25) is 5.91 Å². The Balaban J connectivity index is 1.43. The third kappa shape index (κ3) is 4.33. The second kappa shape index (κ2) is 9.36. The predicted octanol–water partition coefficient (Wildman–Crippen LogP) is 4.91. The van der Waals surface area contributed by atoms with E-state index in [-0.39, 0.29) is 11.7 Å². The number of thioether (sulfide) groups is 1. The van der Waals surface area contributed by atoms with Crippen molar-refractivity contribution in [3.05, 3.63) is 34.5 Å². The second-order valence-corrected chi connectivity index (χ2v) is 10.3. The molecule has 1 amide bonds. The van der Waals surface area contributed by atoms with Gasteiger partial charge >= 0.3 is 0 Å². The van der Waals surface area contributed by atoms with Crippen LogP contribution in [0, 0.1) is 17.2 Å². The lowest BCUT2D eigenvalue weighted by atomic mass is 9.89. The predicted molar refractivity (Wildman–Crippen MR) is 121 cm³/mol. The van der Waals surface area contributed by atoms with Gasteiger partial charge in [0.05, 0.1) is 11.3 Å². The van der Waals surface area contributed by atoms with Crippen LogP contribution in [0.5, 0.6) is 0 Å². The van der Waals surface area contributed by atoms with Crippen LogP contribution in [0.3, 0.4) is 0 Å². The minimum Gasteiger partial charge on any atom is -0.316 e. The number of nitriles is 1. The number of hydrogen-bond acceptors (Lipinski definition) is 6. The third-order valence-electron chi connectivity index (χ3n) is 5.99. The lowest BCUT2D eigenvalue weighted by Crippen LogP contribution is -2.15. The first-order chi connectivity index (χ1) is 14.6. The summed E-state index contributed by atoms with van der Waals surface area (Å²) in [5.41, 5.74) is 1.79. The molecule has 2 aliphatic rings. The maximum Gasteiger partial charge on any atom is 0.235 e. The summed E-state index contributed by atoms with van der Waals surface area (Å²) >= 11 is 2.96. The van der Waals surface area contributed by atoms with Gasteiger partial charge in [0.15, 0.2) is 5.16 Å². The highest BCUT2D eigenvalue weighted by molar-refractivity contribution is 7.99. The molecule has 0 radical (unpaired) electrons. The third-order valence-corrected chi connectivity index (χ3v) is 8.12. The van der Waals surface area contributed by atoms with Gasteiger partial charge < -0.3 is 9.88 Å². The van der Waals surface area contributed by atoms with Crippen molar-refractivity contribution in [1.29, 1.82) is 5.26 Å². The number of fused-ring (bicyclic) bond motifs is 1. The summed E-state index contributed by atoms with van der Waals surface area (Å²) in [6.45, 7) is 6.75. The number of nitrogens with zero attached hydrogens (tertiary/aromatic N) is 4. The quantitative estimate of drug-likeness (QED) is 0.487. The van der Waals surface area contributed by atoms with Crippen LogP contribution in [-0.4, -0.2) is 26.4 Å². The number of hydrogen-bond donors (Lipinski definition) is 1. The summed E-state index contributed by atoms with van der Waals surface area (Å²) in [6, 6.07) is 2.31. The van der Waals surface area contributed by atoms with Crippen molar-refractivity contribution in [2.24, 2.45) is 5.92 Å². The normalized spacial score (nSPS) is 18.7. The SMILES string of the molecule is C=CCn1c(SCC(=O)Nc2sc3c(c2C#N)CCC(C)C3)nnc1C1CCCC1. The van der Waals surface area contributed by atoms with E-state index in [0.717, 1.165) is 48.6 Å². The number of aromatic nitrogens is 3. The molecule has 0 spiro atoms. The minimum atomic E-state index is -0.112. The van der Waals surface area contributed by atoms with Crippen LogP contribution in [0.15, 0.2) is 17.8 Å². The maximum atomic E-state index is 12.7. The second-order valence-electron chi connectivity index (χ2n) is 8.23. The summed E-state index contributed by atoms with van der Waals surface area (Å²) in [5, 5.41) is 22.8. The summed E-state index contributed by atoms with van der Waals surface area (Å²) < 4.78 is 2.09. The molecule has 0 bridgehead atoms. The van der Waals surface area contributed by atoms with Gasteiger partial charge in [-0.05, 0) is 43.6 Å². The van der Waals surface area contributed by atoms with Crippen LogP contribution >= 0.6 is 23.1 Å². The van der Waals surface area contributed by atoms with Crippen molar-refractivity contribution < 1.29 is 4.79 Å². The van der Waals surface area contributed by atoms with E-state index in [9.17, 15) is 10.1 Å². The molecule has 158 valence electrons. The Kier molecular flexibility index (Phi) is 6.59. The highest BCUT2D eigenvalue weighted by Gasteiger charge is 2.26. The standard InChI is InChI=1S/C22H27N5OS2/c1-3-10-27-20(15-6-4-5-7-15)25-26-22(27)29-13-19(28)24-21-17(12-23)16-9-8-14(2)11-18(16)30-21/h3,14-15H,1,4-11,13H2,2H3,(H,24,28). The van der Waals surface area contributed by atoms with Gasteiger partial charge in [-0.3, -0.25) is 4.79 Å². The molecule has 2 aromatic rings. The van der Waals surface area contributed by atoms with E-state index < -0.39 is 0 Å². The molecule has 1 N–H and O–H groups in total. The number of rotatable bonds is 7. The number of thiophene rings is 1. The Morgan fingerprint density at radius 2 is 2.20 bits per heavy atom. The first kappa shape index (κ1) is 21.1. The Morgan fingerprint density at radius 3 is 2.93 bits per heavy atom. The fourth-order valence-corrected chi connectivity index (χ4v) is 6.58. The molecule has 0 aromatic carbocycles. The topological polar surface area (TPSA) is 83.6 Å². The first-order valence-corrected chi connectivity index (χ1v) is 12.4. The number of carbonyl (C=O) groups excluding carboxylic acids is 1. The zero-order chi connectivity index (χ0) is 21.1. The largest absolute Gasteiger partial charge is 0.316 e. The van der Waals surface area contributed by atoms with Gasteiger partial charge in [-0.2, -0.15) is 5.26 Å². The molecule has 1 atom stereocenters. The number of anilines is 1. The fourth-order valence-electron chi connectivity index (χ4n) is 4.44. The zero-order valence-corrected chi connectivity index (χ0v) is 18.9. The van der Waals surface area contributed by atoms with Gasteiger partial charge in [-0.15, -0.1) is 28.1 Å². The van der Waals surface area contributed by atoms with Crippen LogP contribution in [0.4, 0.5) is 5.00 Å². The molecular weight excluding hydrogens is 414 g/mol. The van der Waals surface area contributed by atoms with E-state index in [2.05, 4.69) is 39.7 Å². The Bertz CT molecular complexity index is 981. The molecule has 2 heterocycles. The van der Waals surface area contributed by atoms with Crippen molar-refractivity contribution in [2.75, 3.05) is 11.1 Å². The molecule has 1 fully saturated rings. The molecule has 2 aromatic heterocycles. The van der Waals surface area contributed by atoms with Crippen molar-refractivity contribution in [2.45, 2.75) is 69.5 Å². The maximum absolute atomic E-state index is 12.7. The molecule has 0 aliphatic heterocycles. The van der Waals surface area contributed by atoms with Gasteiger partial charge in [0.1, 0.15) is 16.9 Å². The highest BCUT2D eigenvalue weighted by Crippen LogP contribution is 2.39. The average Bonchev–Trinajstić information content (AvgIpc) is 3.44. The van der Waals surface area contributed by atoms with Crippen LogP contribution in [0.2, 0.25) is 0 Å². The highest BCUT2D eigenvalue weighted by atomic mass is 32.2. The first-order valence-electron chi connectivity index (χ1n) is 10.6. The van der Waals surface area contributed by atoms with E-state index in [1.54, 1.807) is 11.3 Å². The van der Waals surface area contributed by atoms with E-state index >= 15 is 0 Å². The molecule has 0 saturated heterocycles. The summed E-state index contributed by atoms with van der Waals surface area (Å²) in [6.07, 6.45) is 9.65. The van der Waals surface area contributed by atoms with E-state index in [1.807, 2.05) is 6.08 Å². The van der Waals surface area contributed by atoms with Gasteiger partial charge in [0.25, 0.3) is 0 Å². The summed E-state index contributed by atoms with van der Waals surface area (Å²) in [4.78, 5) is 13.9. The van der Waals surface area contributed by atoms with E-state index in [4.69, 9.17) is 0 Å². The molecule has 8 heteroatoms. The lowest BCUT2D eigenvalue weighted by Gasteiger charge is -2.17. The fraction of sp³-hybridized carbons (Fsp3) is 0.545. The number of nitrogens with one attached hydrogen (secondary N) is 1. The van der Waals surface area contributed by atoms with E-state index in [0.29, 0.717) is 28.9 Å². The van der Waals surface area contributed by atoms with Gasteiger partial charge in [0, 0.05) is 17.3 Å². The number of allylic oxidation sites excluding steroid dienone is 1. The van der Waals surface area contributed by atoms with Gasteiger partial charge in [-0.1, -0.05) is 37.6 Å². The zero-order valence-electron chi connectivity index (χ0n) is 17.3. The minimum absolute atomic E-state index is 0.112. The van der Waals surface area contributed by atoms with Crippen LogP contribution in [0.1, 0.15) is 66.8 Å². The summed E-state index contributed by atoms with van der Waals surface area (Å²) in [7, 11) is 0. The van der Waals surface area contributed by atoms with Crippen LogP contribution in [0.25, 0.3) is 0 Å². The lowest BCUT2D eigenvalue weighted by molar-refractivity contribution is -0.113. The van der Waals surface area contributed by atoms with E-state index in [1.165, 1.54) is 29.5 Å². The Morgan fingerprint density at radius 1 is 1.40 bits per heavy atom. The molecule has 1 saturated carbocycles. The van der Waals surface area contributed by atoms with Crippen LogP contribution in [-0.2, 0) is 24.2 Å². The Hall–Kier alpha value is -2.11. The molecule has 30 heavy (non-hydrogen) atoms. The molecule has 1 unspecified atom stereocenters. The van der Waals surface area contributed by atoms with Gasteiger partial charge in [-0.25, -0.2) is 0 Å². The van der Waals surface area contributed by atoms with Crippen molar-refractivity contribution >= 4 is 34.0 Å². The molecule has 4 rings (SSSR count). The number of carbonyl (C=O) groups is 1. The summed E-state index contributed by atoms with van der Waals surface area (Å²) in [5.74, 6) is 2.23. The molecular formula is C22H27N5OS2. The average molecular weight is 442 g/mol. The monoisotopic (exact) mass is 441 g/mol. The Labute approximate surface area is 185 Å². The van der Waals surface area contributed by atoms with Crippen molar-refractivity contribution in [3.63, 3.8) is 0 Å². The van der Waals surface area contributed by atoms with Crippen molar-refractivity contribution in [1.82, 2.24) is 14.8 Å². The smallest absolute Gasteiger partial charge is 0.235 e. The number of amides is 1.